The summed E-state index contributed by atoms with van der Waals surface area (Å²) >= 11 is 0. The predicted octanol–water partition coefficient (Wildman–Crippen LogP) is 2.57. The first kappa shape index (κ1) is 15.3. The number of methoxy groups -OCH3 is 1. The van der Waals surface area contributed by atoms with Gasteiger partial charge in [-0.25, -0.2) is 4.39 Å². The molecule has 0 atom stereocenters. The van der Waals surface area contributed by atoms with Crippen LogP contribution in [-0.4, -0.2) is 61.3 Å². The maximum atomic E-state index is 12.4. The monoisotopic (exact) mass is 305 g/mol. The molecule has 1 saturated heterocycles. The van der Waals surface area contributed by atoms with Crippen molar-refractivity contribution in [3.05, 3.63) is 29.5 Å². The number of aryl methyl sites for hydroxylation is 1. The summed E-state index contributed by atoms with van der Waals surface area (Å²) in [6, 6.07) is 4.23. The predicted molar refractivity (Wildman–Crippen MR) is 87.3 cm³/mol. The van der Waals surface area contributed by atoms with E-state index in [0.29, 0.717) is 6.54 Å². The second-order valence-electron chi connectivity index (χ2n) is 5.95. The molecule has 0 aliphatic carbocycles. The van der Waals surface area contributed by atoms with Gasteiger partial charge in [0.05, 0.1) is 7.11 Å². The molecule has 2 aromatic rings. The SMILES string of the molecule is COc1cc(C)c2[nH]ccc2c1CN1CCN(CCF)CC1. The fourth-order valence-electron chi connectivity index (χ4n) is 3.30. The molecule has 0 radical (unpaired) electrons. The fourth-order valence-corrected chi connectivity index (χ4v) is 3.30. The van der Waals surface area contributed by atoms with Crippen molar-refractivity contribution in [2.45, 2.75) is 13.5 Å². The molecule has 3 rings (SSSR count). The Kier molecular flexibility index (Phi) is 4.64. The van der Waals surface area contributed by atoms with Crippen molar-refractivity contribution in [2.75, 3.05) is 46.5 Å². The zero-order valence-corrected chi connectivity index (χ0v) is 13.4. The van der Waals surface area contributed by atoms with E-state index in [1.807, 2.05) is 6.20 Å². The van der Waals surface area contributed by atoms with Crippen molar-refractivity contribution in [1.82, 2.24) is 14.8 Å². The summed E-state index contributed by atoms with van der Waals surface area (Å²) in [5, 5.41) is 1.24. The van der Waals surface area contributed by atoms with Gasteiger partial charge in [0, 0.05) is 61.9 Å². The molecule has 5 heteroatoms. The van der Waals surface area contributed by atoms with Crippen LogP contribution in [0.3, 0.4) is 0 Å². The molecule has 0 unspecified atom stereocenters. The molecule has 2 heterocycles. The number of ether oxygens (including phenoxy) is 1. The topological polar surface area (TPSA) is 31.5 Å². The van der Waals surface area contributed by atoms with Crippen LogP contribution in [0.4, 0.5) is 4.39 Å². The van der Waals surface area contributed by atoms with Gasteiger partial charge in [0.15, 0.2) is 0 Å². The molecule has 22 heavy (non-hydrogen) atoms. The Morgan fingerprint density at radius 1 is 1.23 bits per heavy atom. The van der Waals surface area contributed by atoms with E-state index in [2.05, 4.69) is 33.8 Å². The minimum Gasteiger partial charge on any atom is -0.496 e. The van der Waals surface area contributed by atoms with Gasteiger partial charge in [0.2, 0.25) is 0 Å². The average molecular weight is 305 g/mol. The maximum Gasteiger partial charge on any atom is 0.124 e. The minimum absolute atomic E-state index is 0.254. The summed E-state index contributed by atoms with van der Waals surface area (Å²) in [5.41, 5.74) is 3.63. The number of rotatable bonds is 5. The lowest BCUT2D eigenvalue weighted by Crippen LogP contribution is -2.46. The molecule has 120 valence electrons. The summed E-state index contributed by atoms with van der Waals surface area (Å²) in [6.45, 7) is 7.11. The second-order valence-corrected chi connectivity index (χ2v) is 5.95. The summed E-state index contributed by atoms with van der Waals surface area (Å²) < 4.78 is 18.0. The van der Waals surface area contributed by atoms with Crippen LogP contribution in [0.15, 0.2) is 18.3 Å². The molecule has 1 aliphatic heterocycles. The molecule has 0 bridgehead atoms. The van der Waals surface area contributed by atoms with Crippen LogP contribution in [0.1, 0.15) is 11.1 Å². The minimum atomic E-state index is -0.254. The van der Waals surface area contributed by atoms with Gasteiger partial charge < -0.3 is 9.72 Å². The largest absolute Gasteiger partial charge is 0.496 e. The van der Waals surface area contributed by atoms with Gasteiger partial charge in [-0.1, -0.05) is 0 Å². The number of halogens is 1. The first-order valence-corrected chi connectivity index (χ1v) is 7.87. The van der Waals surface area contributed by atoms with Gasteiger partial charge in [-0.15, -0.1) is 0 Å². The van der Waals surface area contributed by atoms with Gasteiger partial charge in [-0.2, -0.15) is 0 Å². The van der Waals surface area contributed by atoms with Crippen LogP contribution >= 0.6 is 0 Å². The van der Waals surface area contributed by atoms with Crippen molar-refractivity contribution < 1.29 is 9.13 Å². The molecule has 1 aromatic carbocycles. The second kappa shape index (κ2) is 6.67. The van der Waals surface area contributed by atoms with E-state index in [-0.39, 0.29) is 6.67 Å². The number of fused-ring (bicyclic) bond motifs is 1. The molecular formula is C17H24FN3O. The number of hydrogen-bond acceptors (Lipinski definition) is 3. The number of nitrogens with zero attached hydrogens (tertiary/aromatic N) is 2. The van der Waals surface area contributed by atoms with Crippen LogP contribution in [0.5, 0.6) is 5.75 Å². The van der Waals surface area contributed by atoms with E-state index in [4.69, 9.17) is 4.74 Å². The van der Waals surface area contributed by atoms with Crippen LogP contribution < -0.4 is 4.74 Å². The van der Waals surface area contributed by atoms with Crippen molar-refractivity contribution in [3.8, 4) is 5.75 Å². The first-order valence-electron chi connectivity index (χ1n) is 7.87. The molecule has 1 aliphatic rings. The van der Waals surface area contributed by atoms with Crippen molar-refractivity contribution >= 4 is 10.9 Å². The molecule has 1 fully saturated rings. The van der Waals surface area contributed by atoms with Crippen LogP contribution in [-0.2, 0) is 6.54 Å². The van der Waals surface area contributed by atoms with Gasteiger partial charge in [-0.3, -0.25) is 9.80 Å². The van der Waals surface area contributed by atoms with Crippen LogP contribution in [0.2, 0.25) is 0 Å². The summed E-state index contributed by atoms with van der Waals surface area (Å²) in [7, 11) is 1.73. The molecular weight excluding hydrogens is 281 g/mol. The van der Waals surface area contributed by atoms with Crippen molar-refractivity contribution in [3.63, 3.8) is 0 Å². The highest BCUT2D eigenvalue weighted by Gasteiger charge is 2.20. The lowest BCUT2D eigenvalue weighted by molar-refractivity contribution is 0.121. The third kappa shape index (κ3) is 2.96. The third-order valence-corrected chi connectivity index (χ3v) is 4.58. The Morgan fingerprint density at radius 2 is 1.95 bits per heavy atom. The number of aromatic nitrogens is 1. The molecule has 0 amide bonds. The van der Waals surface area contributed by atoms with E-state index in [1.165, 1.54) is 22.0 Å². The number of alkyl halides is 1. The standard InChI is InChI=1S/C17H24FN3O/c1-13-11-16(22-2)15(14-3-5-19-17(13)14)12-21-9-7-20(6-4-18)8-10-21/h3,5,11,19H,4,6-10,12H2,1-2H3. The fraction of sp³-hybridized carbons (Fsp3) is 0.529. The van der Waals surface area contributed by atoms with Crippen molar-refractivity contribution in [1.29, 1.82) is 0 Å². The van der Waals surface area contributed by atoms with E-state index >= 15 is 0 Å². The molecule has 4 nitrogen and oxygen atoms in total. The molecule has 1 aromatic heterocycles. The highest BCUT2D eigenvalue weighted by Crippen LogP contribution is 2.31. The first-order chi connectivity index (χ1) is 10.7. The highest BCUT2D eigenvalue weighted by atomic mass is 19.1. The normalized spacial score (nSPS) is 17.2. The van der Waals surface area contributed by atoms with E-state index in [0.717, 1.165) is 38.5 Å². The Balaban J connectivity index is 1.79. The zero-order valence-electron chi connectivity index (χ0n) is 13.4. The van der Waals surface area contributed by atoms with Gasteiger partial charge >= 0.3 is 0 Å². The summed E-state index contributed by atoms with van der Waals surface area (Å²) in [4.78, 5) is 7.93. The number of aromatic amines is 1. The summed E-state index contributed by atoms with van der Waals surface area (Å²) in [5.74, 6) is 0.954. The number of H-pyrrole nitrogens is 1. The van der Waals surface area contributed by atoms with Crippen LogP contribution in [0.25, 0.3) is 10.9 Å². The average Bonchev–Trinajstić information content (AvgIpc) is 3.02. The Morgan fingerprint density at radius 3 is 2.64 bits per heavy atom. The number of benzene rings is 1. The zero-order chi connectivity index (χ0) is 15.5. The van der Waals surface area contributed by atoms with Crippen molar-refractivity contribution in [2.24, 2.45) is 0 Å². The number of hydrogen-bond donors (Lipinski definition) is 1. The van der Waals surface area contributed by atoms with E-state index in [1.54, 1.807) is 7.11 Å². The Labute approximate surface area is 130 Å². The highest BCUT2D eigenvalue weighted by molar-refractivity contribution is 5.88. The smallest absolute Gasteiger partial charge is 0.124 e. The Bertz CT molecular complexity index is 632. The summed E-state index contributed by atoms with van der Waals surface area (Å²) in [6.07, 6.45) is 1.99. The van der Waals surface area contributed by atoms with Crippen LogP contribution in [0, 0.1) is 6.92 Å². The maximum absolute atomic E-state index is 12.4. The van der Waals surface area contributed by atoms with Gasteiger partial charge in [0.25, 0.3) is 0 Å². The quantitative estimate of drug-likeness (QED) is 0.921. The Hall–Kier alpha value is -1.59. The third-order valence-electron chi connectivity index (χ3n) is 4.58. The van der Waals surface area contributed by atoms with Gasteiger partial charge in [-0.05, 0) is 24.6 Å². The van der Waals surface area contributed by atoms with E-state index in [9.17, 15) is 4.39 Å². The molecule has 1 N–H and O–H groups in total. The van der Waals surface area contributed by atoms with E-state index < -0.39 is 0 Å². The molecule has 0 spiro atoms. The number of nitrogens with one attached hydrogen (secondary N) is 1. The molecule has 0 saturated carbocycles. The lowest BCUT2D eigenvalue weighted by atomic mass is 10.0. The number of piperazine rings is 1. The lowest BCUT2D eigenvalue weighted by Gasteiger charge is -2.34. The van der Waals surface area contributed by atoms with Gasteiger partial charge in [0.1, 0.15) is 12.4 Å².